The summed E-state index contributed by atoms with van der Waals surface area (Å²) in [7, 11) is 3.02. The average molecular weight is 380 g/mol. The van der Waals surface area contributed by atoms with Crippen LogP contribution >= 0.6 is 0 Å². The molecule has 0 radical (unpaired) electrons. The van der Waals surface area contributed by atoms with Crippen LogP contribution in [0.4, 0.5) is 11.4 Å². The Morgan fingerprint density at radius 2 is 1.75 bits per heavy atom. The van der Waals surface area contributed by atoms with E-state index < -0.39 is 5.91 Å². The lowest BCUT2D eigenvalue weighted by atomic mass is 10.1. The summed E-state index contributed by atoms with van der Waals surface area (Å²) in [4.78, 5) is 25.0. The molecular weight excluding hydrogens is 360 g/mol. The largest absolute Gasteiger partial charge is 0.496 e. The molecule has 0 aliphatic heterocycles. The summed E-state index contributed by atoms with van der Waals surface area (Å²) in [6.07, 6.45) is 1.42. The van der Waals surface area contributed by atoms with Crippen molar-refractivity contribution in [3.63, 3.8) is 0 Å². The predicted octanol–water partition coefficient (Wildman–Crippen LogP) is 4.11. The van der Waals surface area contributed by atoms with Gasteiger partial charge in [0.1, 0.15) is 11.5 Å². The van der Waals surface area contributed by atoms with Gasteiger partial charge in [-0.25, -0.2) is 0 Å². The van der Waals surface area contributed by atoms with Crippen LogP contribution in [0.2, 0.25) is 0 Å². The number of ether oxygens (including phenoxy) is 2. The van der Waals surface area contributed by atoms with Crippen molar-refractivity contribution in [2.24, 2.45) is 0 Å². The monoisotopic (exact) mass is 380 g/mol. The predicted molar refractivity (Wildman–Crippen MR) is 105 cm³/mol. The summed E-state index contributed by atoms with van der Waals surface area (Å²) in [5.74, 6) is 0.393. The lowest BCUT2D eigenvalue weighted by Gasteiger charge is -2.14. The molecule has 2 N–H and O–H groups in total. The minimum Gasteiger partial charge on any atom is -0.496 e. The van der Waals surface area contributed by atoms with Crippen LogP contribution in [0.1, 0.15) is 26.5 Å². The molecule has 3 aromatic rings. The first-order chi connectivity index (χ1) is 13.5. The summed E-state index contributed by atoms with van der Waals surface area (Å²) < 4.78 is 15.7. The Kier molecular flexibility index (Phi) is 5.64. The van der Waals surface area contributed by atoms with E-state index in [0.717, 1.165) is 5.56 Å². The van der Waals surface area contributed by atoms with Crippen LogP contribution in [0.3, 0.4) is 0 Å². The zero-order valence-corrected chi connectivity index (χ0v) is 15.7. The summed E-state index contributed by atoms with van der Waals surface area (Å²) in [5.41, 5.74) is 2.14. The smallest absolute Gasteiger partial charge is 0.291 e. The number of carbonyl (C=O) groups is 2. The summed E-state index contributed by atoms with van der Waals surface area (Å²) >= 11 is 0. The van der Waals surface area contributed by atoms with Crippen LogP contribution < -0.4 is 20.1 Å². The third kappa shape index (κ3) is 3.98. The second-order valence-electron chi connectivity index (χ2n) is 5.96. The highest BCUT2D eigenvalue weighted by atomic mass is 16.5. The summed E-state index contributed by atoms with van der Waals surface area (Å²) in [6.45, 7) is 1.86. The molecule has 0 fully saturated rings. The van der Waals surface area contributed by atoms with Gasteiger partial charge in [0.25, 0.3) is 11.8 Å². The molecule has 7 heteroatoms. The third-order valence-electron chi connectivity index (χ3n) is 4.11. The molecule has 144 valence electrons. The van der Waals surface area contributed by atoms with Crippen molar-refractivity contribution >= 4 is 23.2 Å². The zero-order valence-electron chi connectivity index (χ0n) is 15.7. The lowest BCUT2D eigenvalue weighted by molar-refractivity contribution is 0.0994. The number of carbonyl (C=O) groups excluding carboxylic acids is 2. The highest BCUT2D eigenvalue weighted by Crippen LogP contribution is 2.30. The summed E-state index contributed by atoms with van der Waals surface area (Å²) in [6, 6.07) is 13.4. The van der Waals surface area contributed by atoms with Crippen molar-refractivity contribution in [2.45, 2.75) is 6.92 Å². The van der Waals surface area contributed by atoms with Gasteiger partial charge in [-0.1, -0.05) is 12.1 Å². The van der Waals surface area contributed by atoms with Gasteiger partial charge in [0.15, 0.2) is 5.76 Å². The van der Waals surface area contributed by atoms with Gasteiger partial charge in [-0.2, -0.15) is 0 Å². The number of nitrogens with one attached hydrogen (secondary N) is 2. The number of anilines is 2. The van der Waals surface area contributed by atoms with E-state index in [2.05, 4.69) is 10.6 Å². The zero-order chi connectivity index (χ0) is 20.1. The first-order valence-electron chi connectivity index (χ1n) is 8.51. The van der Waals surface area contributed by atoms with Crippen molar-refractivity contribution < 1.29 is 23.5 Å². The molecule has 0 spiro atoms. The van der Waals surface area contributed by atoms with Crippen LogP contribution in [-0.4, -0.2) is 26.0 Å². The van der Waals surface area contributed by atoms with E-state index in [9.17, 15) is 9.59 Å². The Balaban J connectivity index is 1.85. The first kappa shape index (κ1) is 19.0. The Bertz CT molecular complexity index is 996. The minimum absolute atomic E-state index is 0.186. The maximum absolute atomic E-state index is 12.8. The van der Waals surface area contributed by atoms with Gasteiger partial charge in [-0.05, 0) is 48.9 Å². The second kappa shape index (κ2) is 8.30. The van der Waals surface area contributed by atoms with Crippen molar-refractivity contribution in [3.8, 4) is 11.5 Å². The van der Waals surface area contributed by atoms with Crippen LogP contribution in [-0.2, 0) is 0 Å². The molecule has 0 aliphatic carbocycles. The molecule has 28 heavy (non-hydrogen) atoms. The molecule has 0 atom stereocenters. The van der Waals surface area contributed by atoms with Crippen molar-refractivity contribution in [1.29, 1.82) is 0 Å². The van der Waals surface area contributed by atoms with Crippen molar-refractivity contribution in [1.82, 2.24) is 0 Å². The first-order valence-corrected chi connectivity index (χ1v) is 8.51. The fraction of sp³-hybridized carbons (Fsp3) is 0.143. The van der Waals surface area contributed by atoms with Gasteiger partial charge in [-0.15, -0.1) is 0 Å². The molecule has 0 saturated carbocycles. The number of aryl methyl sites for hydroxylation is 1. The number of hydrogen-bond acceptors (Lipinski definition) is 5. The number of methoxy groups -OCH3 is 2. The van der Waals surface area contributed by atoms with E-state index in [-0.39, 0.29) is 11.7 Å². The molecular formula is C21H20N2O5. The highest BCUT2D eigenvalue weighted by molar-refractivity contribution is 6.08. The van der Waals surface area contributed by atoms with Crippen molar-refractivity contribution in [3.05, 3.63) is 71.7 Å². The lowest BCUT2D eigenvalue weighted by Crippen LogP contribution is -2.15. The fourth-order valence-electron chi connectivity index (χ4n) is 2.78. The standard InChI is InChI=1S/C21H20N2O5/c1-13-6-4-7-15(19(13)27-3)20(24)23-16-12-14(9-10-17(16)26-2)22-21(25)18-8-5-11-28-18/h4-12H,1-3H3,(H,22,25)(H,23,24). The van der Waals surface area contributed by atoms with Gasteiger partial charge in [0, 0.05) is 5.69 Å². The molecule has 0 bridgehead atoms. The van der Waals surface area contributed by atoms with Crippen LogP contribution in [0.5, 0.6) is 11.5 Å². The van der Waals surface area contributed by atoms with E-state index in [1.54, 1.807) is 42.5 Å². The number of benzene rings is 2. The number of furan rings is 1. The molecule has 1 aromatic heterocycles. The van der Waals surface area contributed by atoms with Crippen LogP contribution in [0, 0.1) is 6.92 Å². The number of rotatable bonds is 6. The molecule has 2 aromatic carbocycles. The molecule has 2 amide bonds. The maximum atomic E-state index is 12.8. The second-order valence-corrected chi connectivity index (χ2v) is 5.96. The average Bonchev–Trinajstić information content (AvgIpc) is 3.23. The van der Waals surface area contributed by atoms with Gasteiger partial charge >= 0.3 is 0 Å². The van der Waals surface area contributed by atoms with E-state index >= 15 is 0 Å². The molecule has 7 nitrogen and oxygen atoms in total. The van der Waals surface area contributed by atoms with Gasteiger partial charge in [0.05, 0.1) is 31.7 Å². The molecule has 0 unspecified atom stereocenters. The number of hydrogen-bond donors (Lipinski definition) is 2. The maximum Gasteiger partial charge on any atom is 0.291 e. The minimum atomic E-state index is -0.396. The highest BCUT2D eigenvalue weighted by Gasteiger charge is 2.17. The fourth-order valence-corrected chi connectivity index (χ4v) is 2.78. The number of amides is 2. The topological polar surface area (TPSA) is 89.8 Å². The molecule has 0 aliphatic rings. The number of para-hydroxylation sites is 1. The quantitative estimate of drug-likeness (QED) is 0.672. The van der Waals surface area contributed by atoms with E-state index in [0.29, 0.717) is 28.4 Å². The SMILES string of the molecule is COc1ccc(NC(=O)c2ccco2)cc1NC(=O)c1cccc(C)c1OC. The van der Waals surface area contributed by atoms with Crippen LogP contribution in [0.15, 0.2) is 59.2 Å². The Hall–Kier alpha value is -3.74. The van der Waals surface area contributed by atoms with E-state index in [4.69, 9.17) is 13.9 Å². The Morgan fingerprint density at radius 3 is 2.43 bits per heavy atom. The Labute approximate surface area is 162 Å². The van der Waals surface area contributed by atoms with E-state index in [1.165, 1.54) is 20.5 Å². The normalized spacial score (nSPS) is 10.2. The molecule has 0 saturated heterocycles. The molecule has 3 rings (SSSR count). The van der Waals surface area contributed by atoms with E-state index in [1.807, 2.05) is 13.0 Å². The van der Waals surface area contributed by atoms with Gasteiger partial charge in [-0.3, -0.25) is 9.59 Å². The third-order valence-corrected chi connectivity index (χ3v) is 4.11. The van der Waals surface area contributed by atoms with Crippen molar-refractivity contribution in [2.75, 3.05) is 24.9 Å². The van der Waals surface area contributed by atoms with Crippen LogP contribution in [0.25, 0.3) is 0 Å². The Morgan fingerprint density at radius 1 is 0.929 bits per heavy atom. The molecule has 1 heterocycles. The van der Waals surface area contributed by atoms with Gasteiger partial charge in [0.2, 0.25) is 0 Å². The summed E-state index contributed by atoms with van der Waals surface area (Å²) in [5, 5.41) is 5.53. The van der Waals surface area contributed by atoms with Gasteiger partial charge < -0.3 is 24.5 Å².